The topological polar surface area (TPSA) is 55.1 Å². The van der Waals surface area contributed by atoms with E-state index >= 15 is 0 Å². The van der Waals surface area contributed by atoms with Crippen molar-refractivity contribution in [3.63, 3.8) is 0 Å². The van der Waals surface area contributed by atoms with Crippen LogP contribution >= 0.6 is 27.3 Å². The second-order valence-corrected chi connectivity index (χ2v) is 6.58. The maximum absolute atomic E-state index is 12.1. The molecule has 1 aromatic rings. The third-order valence-corrected chi connectivity index (χ3v) is 5.34. The van der Waals surface area contributed by atoms with Crippen LogP contribution < -0.4 is 11.1 Å². The van der Waals surface area contributed by atoms with Crippen molar-refractivity contribution in [2.24, 2.45) is 5.73 Å². The van der Waals surface area contributed by atoms with Crippen LogP contribution in [0.4, 0.5) is 0 Å². The standard InChI is InChI=1S/C12H19BrN2OS/c1-4-12(5-2,7-14)15-11(16)9-6-8(3)10(13)17-9/h6H,4-5,7,14H2,1-3H3,(H,15,16). The van der Waals surface area contributed by atoms with E-state index in [1.54, 1.807) is 0 Å². The van der Waals surface area contributed by atoms with Gasteiger partial charge in [-0.1, -0.05) is 13.8 Å². The molecule has 0 atom stereocenters. The number of amides is 1. The smallest absolute Gasteiger partial charge is 0.261 e. The first-order chi connectivity index (χ1) is 7.98. The van der Waals surface area contributed by atoms with Crippen LogP contribution in [0.15, 0.2) is 9.85 Å². The molecule has 0 saturated heterocycles. The molecule has 1 amide bonds. The number of hydrogen-bond acceptors (Lipinski definition) is 3. The van der Waals surface area contributed by atoms with Gasteiger partial charge in [-0.2, -0.15) is 0 Å². The Morgan fingerprint density at radius 1 is 1.53 bits per heavy atom. The molecule has 0 aliphatic carbocycles. The molecule has 1 aromatic heterocycles. The first kappa shape index (κ1) is 14.7. The molecule has 3 N–H and O–H groups in total. The number of nitrogens with two attached hydrogens (primary N) is 1. The van der Waals surface area contributed by atoms with E-state index in [4.69, 9.17) is 5.73 Å². The Balaban J connectivity index is 2.84. The lowest BCUT2D eigenvalue weighted by Crippen LogP contribution is -2.52. The summed E-state index contributed by atoms with van der Waals surface area (Å²) in [5.74, 6) is -0.0297. The molecule has 0 aliphatic heterocycles. The third kappa shape index (κ3) is 3.30. The number of carbonyl (C=O) groups excluding carboxylic acids is 1. The van der Waals surface area contributed by atoms with Gasteiger partial charge in [-0.25, -0.2) is 0 Å². The van der Waals surface area contributed by atoms with Crippen molar-refractivity contribution in [2.45, 2.75) is 39.2 Å². The molecule has 0 saturated carbocycles. The lowest BCUT2D eigenvalue weighted by Gasteiger charge is -2.31. The summed E-state index contributed by atoms with van der Waals surface area (Å²) in [5.41, 5.74) is 6.58. The molecule has 17 heavy (non-hydrogen) atoms. The predicted octanol–water partition coefficient (Wildman–Crippen LogP) is 3.07. The van der Waals surface area contributed by atoms with Crippen LogP contribution in [0.1, 0.15) is 41.9 Å². The average molecular weight is 319 g/mol. The van der Waals surface area contributed by atoms with Gasteiger partial charge in [0.1, 0.15) is 0 Å². The molecule has 96 valence electrons. The zero-order valence-corrected chi connectivity index (χ0v) is 12.9. The fourth-order valence-electron chi connectivity index (χ4n) is 1.64. The van der Waals surface area contributed by atoms with Crippen LogP contribution in [0.25, 0.3) is 0 Å². The summed E-state index contributed by atoms with van der Waals surface area (Å²) in [4.78, 5) is 12.9. The summed E-state index contributed by atoms with van der Waals surface area (Å²) >= 11 is 4.89. The highest BCUT2D eigenvalue weighted by Gasteiger charge is 2.27. The summed E-state index contributed by atoms with van der Waals surface area (Å²) in [6.45, 7) is 6.54. The number of halogens is 1. The highest BCUT2D eigenvalue weighted by molar-refractivity contribution is 9.11. The van der Waals surface area contributed by atoms with Crippen molar-refractivity contribution in [1.29, 1.82) is 0 Å². The van der Waals surface area contributed by atoms with Crippen molar-refractivity contribution in [3.8, 4) is 0 Å². The predicted molar refractivity (Wildman–Crippen MR) is 76.6 cm³/mol. The normalized spacial score (nSPS) is 11.6. The van der Waals surface area contributed by atoms with E-state index < -0.39 is 0 Å². The quantitative estimate of drug-likeness (QED) is 0.876. The number of thiophene rings is 1. The number of aryl methyl sites for hydroxylation is 1. The van der Waals surface area contributed by atoms with E-state index in [-0.39, 0.29) is 11.4 Å². The van der Waals surface area contributed by atoms with Gasteiger partial charge in [-0.05, 0) is 47.3 Å². The van der Waals surface area contributed by atoms with E-state index in [0.29, 0.717) is 6.54 Å². The summed E-state index contributed by atoms with van der Waals surface area (Å²) in [6.07, 6.45) is 1.69. The monoisotopic (exact) mass is 318 g/mol. The van der Waals surface area contributed by atoms with Gasteiger partial charge >= 0.3 is 0 Å². The molecule has 0 fully saturated rings. The first-order valence-electron chi connectivity index (χ1n) is 5.76. The fourth-order valence-corrected chi connectivity index (χ4v) is 3.07. The van der Waals surface area contributed by atoms with Gasteiger partial charge in [-0.15, -0.1) is 11.3 Å². The zero-order chi connectivity index (χ0) is 13.1. The maximum Gasteiger partial charge on any atom is 0.261 e. The Labute approximate surface area is 115 Å². The van der Waals surface area contributed by atoms with Crippen molar-refractivity contribution in [3.05, 3.63) is 20.3 Å². The maximum atomic E-state index is 12.1. The molecule has 0 aliphatic rings. The van der Waals surface area contributed by atoms with Gasteiger partial charge < -0.3 is 11.1 Å². The molecule has 1 rings (SSSR count). The summed E-state index contributed by atoms with van der Waals surface area (Å²) < 4.78 is 1.01. The summed E-state index contributed by atoms with van der Waals surface area (Å²) in [7, 11) is 0. The van der Waals surface area contributed by atoms with E-state index in [0.717, 1.165) is 27.1 Å². The average Bonchev–Trinajstić information content (AvgIpc) is 2.67. The van der Waals surface area contributed by atoms with Crippen molar-refractivity contribution in [2.75, 3.05) is 6.54 Å². The van der Waals surface area contributed by atoms with Crippen LogP contribution in [0.3, 0.4) is 0 Å². The first-order valence-corrected chi connectivity index (χ1v) is 7.37. The van der Waals surface area contributed by atoms with Crippen LogP contribution in [0.5, 0.6) is 0 Å². The molecule has 0 bridgehead atoms. The van der Waals surface area contributed by atoms with Crippen molar-refractivity contribution in [1.82, 2.24) is 5.32 Å². The van der Waals surface area contributed by atoms with Crippen LogP contribution in [0.2, 0.25) is 0 Å². The number of nitrogens with one attached hydrogen (secondary N) is 1. The zero-order valence-electron chi connectivity index (χ0n) is 10.5. The summed E-state index contributed by atoms with van der Waals surface area (Å²) in [5, 5.41) is 3.06. The molecule has 5 heteroatoms. The Hall–Kier alpha value is -0.390. The van der Waals surface area contributed by atoms with Gasteiger partial charge in [0, 0.05) is 6.54 Å². The largest absolute Gasteiger partial charge is 0.345 e. The fraction of sp³-hybridized carbons (Fsp3) is 0.583. The van der Waals surface area contributed by atoms with E-state index in [1.807, 2.05) is 26.8 Å². The molecule has 0 unspecified atom stereocenters. The Morgan fingerprint density at radius 3 is 2.47 bits per heavy atom. The van der Waals surface area contributed by atoms with Gasteiger partial charge in [0.05, 0.1) is 14.2 Å². The highest BCUT2D eigenvalue weighted by atomic mass is 79.9. The number of rotatable bonds is 5. The lowest BCUT2D eigenvalue weighted by atomic mass is 9.93. The Morgan fingerprint density at radius 2 is 2.12 bits per heavy atom. The van der Waals surface area contributed by atoms with Crippen LogP contribution in [-0.4, -0.2) is 18.0 Å². The highest BCUT2D eigenvalue weighted by Crippen LogP contribution is 2.27. The molecular formula is C12H19BrN2OS. The SMILES string of the molecule is CCC(CC)(CN)NC(=O)c1cc(C)c(Br)s1. The van der Waals surface area contributed by atoms with Gasteiger partial charge in [-0.3, -0.25) is 4.79 Å². The van der Waals surface area contributed by atoms with Gasteiger partial charge in [0.25, 0.3) is 5.91 Å². The van der Waals surface area contributed by atoms with Crippen molar-refractivity contribution < 1.29 is 4.79 Å². The Bertz CT molecular complexity index is 371. The Kier molecular flexibility index (Phi) is 5.16. The van der Waals surface area contributed by atoms with E-state index in [1.165, 1.54) is 11.3 Å². The summed E-state index contributed by atoms with van der Waals surface area (Å²) in [6, 6.07) is 1.90. The second kappa shape index (κ2) is 5.98. The molecule has 0 aromatic carbocycles. The molecule has 1 heterocycles. The number of carbonyl (C=O) groups is 1. The molecule has 0 spiro atoms. The van der Waals surface area contributed by atoms with E-state index in [2.05, 4.69) is 21.2 Å². The lowest BCUT2D eigenvalue weighted by molar-refractivity contribution is 0.0899. The number of hydrogen-bond donors (Lipinski definition) is 2. The second-order valence-electron chi connectivity index (χ2n) is 4.21. The molecule has 3 nitrogen and oxygen atoms in total. The molecule has 0 radical (unpaired) electrons. The third-order valence-electron chi connectivity index (χ3n) is 3.20. The minimum atomic E-state index is -0.276. The minimum absolute atomic E-state index is 0.0297. The minimum Gasteiger partial charge on any atom is -0.345 e. The van der Waals surface area contributed by atoms with Crippen LogP contribution in [0, 0.1) is 6.92 Å². The van der Waals surface area contributed by atoms with E-state index in [9.17, 15) is 4.79 Å². The van der Waals surface area contributed by atoms with Crippen LogP contribution in [-0.2, 0) is 0 Å². The van der Waals surface area contributed by atoms with Gasteiger partial charge in [0.15, 0.2) is 0 Å². The van der Waals surface area contributed by atoms with Crippen molar-refractivity contribution >= 4 is 33.2 Å². The van der Waals surface area contributed by atoms with Gasteiger partial charge in [0.2, 0.25) is 0 Å². The molecular weight excluding hydrogens is 300 g/mol.